The lowest BCUT2D eigenvalue weighted by atomic mass is 10.1. The molecule has 1 N–H and O–H groups in total. The summed E-state index contributed by atoms with van der Waals surface area (Å²) in [5, 5.41) is 11.0. The largest absolute Gasteiger partial charge is 0.289 e. The molecule has 6 nitrogen and oxygen atoms in total. The van der Waals surface area contributed by atoms with E-state index in [-0.39, 0.29) is 11.4 Å². The topological polar surface area (TPSA) is 89.3 Å². The Morgan fingerprint density at radius 1 is 1.12 bits per heavy atom. The molecule has 0 saturated heterocycles. The van der Waals surface area contributed by atoms with Gasteiger partial charge in [-0.05, 0) is 43.2 Å². The normalized spacial score (nSPS) is 11.4. The molecule has 2 aromatic carbocycles. The summed E-state index contributed by atoms with van der Waals surface area (Å²) >= 11 is 1.53. The van der Waals surface area contributed by atoms with E-state index >= 15 is 0 Å². The Morgan fingerprint density at radius 3 is 2.50 bits per heavy atom. The Hall–Kier alpha value is -1.90. The van der Waals surface area contributed by atoms with Gasteiger partial charge in [0.05, 0.1) is 4.92 Å². The minimum atomic E-state index is -3.91. The van der Waals surface area contributed by atoms with E-state index in [1.54, 1.807) is 0 Å². The molecule has 0 aliphatic carbocycles. The van der Waals surface area contributed by atoms with Crippen LogP contribution in [0.15, 0.2) is 52.3 Å². The maximum absolute atomic E-state index is 12.2. The van der Waals surface area contributed by atoms with Gasteiger partial charge in [0.2, 0.25) is 10.0 Å². The monoisotopic (exact) mass is 366 g/mol. The second-order valence-electron chi connectivity index (χ2n) is 5.22. The van der Waals surface area contributed by atoms with Crippen molar-refractivity contribution in [2.24, 2.45) is 0 Å². The van der Waals surface area contributed by atoms with Gasteiger partial charge < -0.3 is 0 Å². The van der Waals surface area contributed by atoms with E-state index in [1.807, 2.05) is 26.0 Å². The number of benzene rings is 2. The standard InChI is InChI=1S/C16H18N2O4S2/c1-12-7-8-14(11-13(12)2)23-10-9-17-24(21,22)16-6-4-3-5-15(16)18(19)20/h3-8,11,17H,9-10H2,1-2H3. The number of nitro groups is 1. The predicted molar refractivity (Wildman–Crippen MR) is 94.9 cm³/mol. The van der Waals surface area contributed by atoms with Crippen LogP contribution in [0.25, 0.3) is 0 Å². The van der Waals surface area contributed by atoms with Crippen LogP contribution in [0.1, 0.15) is 11.1 Å². The fourth-order valence-electron chi connectivity index (χ4n) is 2.06. The molecule has 0 aliphatic rings. The number of nitrogens with one attached hydrogen (secondary N) is 1. The van der Waals surface area contributed by atoms with Crippen molar-refractivity contribution >= 4 is 27.5 Å². The third-order valence-electron chi connectivity index (χ3n) is 3.49. The number of thioether (sulfide) groups is 1. The highest BCUT2D eigenvalue weighted by Gasteiger charge is 2.24. The van der Waals surface area contributed by atoms with Gasteiger partial charge >= 0.3 is 0 Å². The molecule has 0 bridgehead atoms. The fourth-order valence-corrected chi connectivity index (χ4v) is 4.26. The lowest BCUT2D eigenvalue weighted by Crippen LogP contribution is -2.26. The van der Waals surface area contributed by atoms with Gasteiger partial charge in [0.1, 0.15) is 0 Å². The molecule has 24 heavy (non-hydrogen) atoms. The SMILES string of the molecule is Cc1ccc(SCCNS(=O)(=O)c2ccccc2[N+](=O)[O-])cc1C. The van der Waals surface area contributed by atoms with Crippen LogP contribution in [0.5, 0.6) is 0 Å². The number of hydrogen-bond acceptors (Lipinski definition) is 5. The highest BCUT2D eigenvalue weighted by molar-refractivity contribution is 7.99. The van der Waals surface area contributed by atoms with Gasteiger partial charge in [-0.1, -0.05) is 18.2 Å². The average molecular weight is 366 g/mol. The van der Waals surface area contributed by atoms with E-state index in [4.69, 9.17) is 0 Å². The van der Waals surface area contributed by atoms with Gasteiger partial charge in [-0.2, -0.15) is 0 Å². The predicted octanol–water partition coefficient (Wildman–Crippen LogP) is 3.28. The van der Waals surface area contributed by atoms with Crippen LogP contribution in [-0.4, -0.2) is 25.6 Å². The summed E-state index contributed by atoms with van der Waals surface area (Å²) in [6, 6.07) is 11.4. The molecule has 0 radical (unpaired) electrons. The average Bonchev–Trinajstić information content (AvgIpc) is 2.55. The lowest BCUT2D eigenvalue weighted by Gasteiger charge is -2.08. The quantitative estimate of drug-likeness (QED) is 0.351. The molecule has 0 atom stereocenters. The summed E-state index contributed by atoms with van der Waals surface area (Å²) in [7, 11) is -3.91. The van der Waals surface area contributed by atoms with E-state index in [0.29, 0.717) is 5.75 Å². The number of rotatable bonds is 7. The van der Waals surface area contributed by atoms with Crippen molar-refractivity contribution in [3.05, 3.63) is 63.7 Å². The highest BCUT2D eigenvalue weighted by atomic mass is 32.2. The summed E-state index contributed by atoms with van der Waals surface area (Å²) in [4.78, 5) is 11.0. The molecule has 0 aromatic heterocycles. The molecule has 0 spiro atoms. The second-order valence-corrected chi connectivity index (χ2v) is 8.12. The number of nitro benzene ring substituents is 1. The van der Waals surface area contributed by atoms with Gasteiger partial charge in [0, 0.05) is 23.3 Å². The van der Waals surface area contributed by atoms with E-state index < -0.39 is 20.6 Å². The summed E-state index contributed by atoms with van der Waals surface area (Å²) in [5.41, 5.74) is 1.96. The zero-order valence-electron chi connectivity index (χ0n) is 13.4. The Kier molecular flexibility index (Phi) is 5.98. The van der Waals surface area contributed by atoms with Crippen molar-refractivity contribution in [3.63, 3.8) is 0 Å². The van der Waals surface area contributed by atoms with E-state index in [0.717, 1.165) is 4.90 Å². The molecule has 0 amide bonds. The second kappa shape index (κ2) is 7.78. The van der Waals surface area contributed by atoms with E-state index in [2.05, 4.69) is 10.8 Å². The zero-order chi connectivity index (χ0) is 17.7. The minimum absolute atomic E-state index is 0.186. The Labute approximate surface area is 145 Å². The van der Waals surface area contributed by atoms with Crippen LogP contribution in [-0.2, 0) is 10.0 Å². The van der Waals surface area contributed by atoms with Gasteiger partial charge in [0.15, 0.2) is 4.90 Å². The minimum Gasteiger partial charge on any atom is -0.258 e. The molecule has 0 heterocycles. The fraction of sp³-hybridized carbons (Fsp3) is 0.250. The first-order valence-corrected chi connectivity index (χ1v) is 9.71. The number of hydrogen-bond donors (Lipinski definition) is 1. The summed E-state index contributed by atoms with van der Waals surface area (Å²) in [6.07, 6.45) is 0. The Balaban J connectivity index is 1.98. The van der Waals surface area contributed by atoms with Crippen LogP contribution in [0.4, 0.5) is 5.69 Å². The maximum Gasteiger partial charge on any atom is 0.289 e. The van der Waals surface area contributed by atoms with Gasteiger partial charge in [0.25, 0.3) is 5.69 Å². The van der Waals surface area contributed by atoms with Crippen molar-refractivity contribution in [2.75, 3.05) is 12.3 Å². The molecule has 0 unspecified atom stereocenters. The number of para-hydroxylation sites is 1. The molecule has 0 aliphatic heterocycles. The Bertz CT molecular complexity index is 851. The molecular formula is C16H18N2O4S2. The first kappa shape index (κ1) is 18.4. The van der Waals surface area contributed by atoms with Crippen molar-refractivity contribution in [2.45, 2.75) is 23.6 Å². The van der Waals surface area contributed by atoms with Crippen LogP contribution >= 0.6 is 11.8 Å². The van der Waals surface area contributed by atoms with E-state index in [9.17, 15) is 18.5 Å². The van der Waals surface area contributed by atoms with Crippen LogP contribution < -0.4 is 4.72 Å². The first-order chi connectivity index (χ1) is 11.3. The Morgan fingerprint density at radius 2 is 1.83 bits per heavy atom. The lowest BCUT2D eigenvalue weighted by molar-refractivity contribution is -0.387. The maximum atomic E-state index is 12.2. The molecular weight excluding hydrogens is 348 g/mol. The smallest absolute Gasteiger partial charge is 0.258 e. The third kappa shape index (κ3) is 4.56. The molecule has 2 rings (SSSR count). The van der Waals surface area contributed by atoms with Crippen molar-refractivity contribution < 1.29 is 13.3 Å². The van der Waals surface area contributed by atoms with Crippen molar-refractivity contribution in [1.29, 1.82) is 0 Å². The van der Waals surface area contributed by atoms with Crippen LogP contribution in [0.2, 0.25) is 0 Å². The number of aryl methyl sites for hydroxylation is 2. The number of nitrogens with zero attached hydrogens (tertiary/aromatic N) is 1. The molecule has 0 saturated carbocycles. The summed E-state index contributed by atoms with van der Waals surface area (Å²) < 4.78 is 26.9. The third-order valence-corrected chi connectivity index (χ3v) is 6.00. The zero-order valence-corrected chi connectivity index (χ0v) is 15.0. The first-order valence-electron chi connectivity index (χ1n) is 7.24. The molecule has 128 valence electrons. The van der Waals surface area contributed by atoms with E-state index in [1.165, 1.54) is 47.2 Å². The molecule has 2 aromatic rings. The van der Waals surface area contributed by atoms with Gasteiger partial charge in [-0.15, -0.1) is 11.8 Å². The molecule has 0 fully saturated rings. The van der Waals surface area contributed by atoms with Crippen LogP contribution in [0.3, 0.4) is 0 Å². The van der Waals surface area contributed by atoms with Crippen molar-refractivity contribution in [3.8, 4) is 0 Å². The van der Waals surface area contributed by atoms with Crippen LogP contribution in [0, 0.1) is 24.0 Å². The summed E-state index contributed by atoms with van der Waals surface area (Å²) in [5.74, 6) is 0.530. The summed E-state index contributed by atoms with van der Waals surface area (Å²) in [6.45, 7) is 4.24. The van der Waals surface area contributed by atoms with Gasteiger partial charge in [-0.3, -0.25) is 10.1 Å². The van der Waals surface area contributed by atoms with Gasteiger partial charge in [-0.25, -0.2) is 13.1 Å². The highest BCUT2D eigenvalue weighted by Crippen LogP contribution is 2.23. The molecule has 8 heteroatoms. The van der Waals surface area contributed by atoms with Crippen molar-refractivity contribution in [1.82, 2.24) is 4.72 Å². The number of sulfonamides is 1.